The molecule has 0 fully saturated rings. The molecule has 3 nitrogen and oxygen atoms in total. The maximum Gasteiger partial charge on any atom is 0.455 e. The lowest BCUT2D eigenvalue weighted by Gasteiger charge is -2.07. The van der Waals surface area contributed by atoms with Gasteiger partial charge >= 0.3 is 6.18 Å². The van der Waals surface area contributed by atoms with E-state index in [4.69, 9.17) is 5.26 Å². The smallest absolute Gasteiger partial charge is 0.382 e. The summed E-state index contributed by atoms with van der Waals surface area (Å²) in [6.07, 6.45) is -4.16. The topological polar surface area (TPSA) is 44.1 Å². The molecular weight excluding hydrogens is 185 g/mol. The number of alkyl halides is 3. The van der Waals surface area contributed by atoms with Gasteiger partial charge in [-0.15, -0.1) is 0 Å². The zero-order valence-corrected chi connectivity index (χ0v) is 7.01. The molecule has 0 aromatic rings. The van der Waals surface area contributed by atoms with E-state index in [-0.39, 0.29) is 0 Å². The Bertz CT molecular complexity index is 272. The Balaban J connectivity index is 4.85. The summed E-state index contributed by atoms with van der Waals surface area (Å²) in [5, 5.41) is 8.24. The molecule has 0 aliphatic rings. The second-order valence-electron chi connectivity index (χ2n) is 2.45. The predicted molar refractivity (Wildman–Crippen MR) is 38.4 cm³/mol. The molecule has 13 heavy (non-hydrogen) atoms. The van der Waals surface area contributed by atoms with E-state index in [9.17, 15) is 18.0 Å². The largest absolute Gasteiger partial charge is 0.455 e. The molecule has 72 valence electrons. The van der Waals surface area contributed by atoms with Crippen molar-refractivity contribution in [3.63, 3.8) is 0 Å². The molecule has 0 spiro atoms. The highest BCUT2D eigenvalue weighted by molar-refractivity contribution is 6.02. The van der Waals surface area contributed by atoms with Crippen molar-refractivity contribution in [2.45, 2.75) is 6.18 Å². The Kier molecular flexibility index (Phi) is 3.48. The van der Waals surface area contributed by atoms with Crippen molar-refractivity contribution in [2.24, 2.45) is 0 Å². The van der Waals surface area contributed by atoms with Gasteiger partial charge in [-0.3, -0.25) is 4.79 Å². The van der Waals surface area contributed by atoms with Gasteiger partial charge in [0.2, 0.25) is 0 Å². The van der Waals surface area contributed by atoms with Crippen molar-refractivity contribution in [3.05, 3.63) is 11.8 Å². The fourth-order valence-corrected chi connectivity index (χ4v) is 0.549. The third-order valence-corrected chi connectivity index (χ3v) is 1.01. The maximum absolute atomic E-state index is 11.8. The molecule has 0 heterocycles. The van der Waals surface area contributed by atoms with E-state index < -0.39 is 17.5 Å². The van der Waals surface area contributed by atoms with Crippen LogP contribution in [0.4, 0.5) is 13.2 Å². The number of nitrogens with zero attached hydrogens (tertiary/aromatic N) is 2. The van der Waals surface area contributed by atoms with Gasteiger partial charge in [-0.25, -0.2) is 0 Å². The molecule has 0 aromatic heterocycles. The summed E-state index contributed by atoms with van der Waals surface area (Å²) in [6.45, 7) is 0. The van der Waals surface area contributed by atoms with Gasteiger partial charge < -0.3 is 4.90 Å². The first-order valence-corrected chi connectivity index (χ1v) is 3.19. The fraction of sp³-hybridized carbons (Fsp3) is 0.429. The van der Waals surface area contributed by atoms with Gasteiger partial charge in [0.15, 0.2) is 0 Å². The number of nitriles is 1. The molecule has 0 radical (unpaired) electrons. The number of allylic oxidation sites excluding steroid dienone is 1. The number of carbonyl (C=O) groups excluding carboxylic acids is 1. The van der Waals surface area contributed by atoms with E-state index in [1.54, 1.807) is 0 Å². The third kappa shape index (κ3) is 3.60. The number of ketones is 1. The van der Waals surface area contributed by atoms with Crippen LogP contribution in [0.15, 0.2) is 11.8 Å². The number of hydrogen-bond acceptors (Lipinski definition) is 3. The lowest BCUT2D eigenvalue weighted by atomic mass is 10.2. The number of rotatable bonds is 2. The van der Waals surface area contributed by atoms with E-state index >= 15 is 0 Å². The Morgan fingerprint density at radius 1 is 1.46 bits per heavy atom. The molecule has 0 saturated heterocycles. The summed E-state index contributed by atoms with van der Waals surface area (Å²) in [4.78, 5) is 11.7. The van der Waals surface area contributed by atoms with Crippen molar-refractivity contribution < 1.29 is 18.0 Å². The van der Waals surface area contributed by atoms with Gasteiger partial charge in [0.1, 0.15) is 11.6 Å². The van der Waals surface area contributed by atoms with Crippen molar-refractivity contribution in [3.8, 4) is 6.07 Å². The quantitative estimate of drug-likeness (QED) is 0.485. The minimum Gasteiger partial charge on any atom is -0.382 e. The molecule has 0 atom stereocenters. The van der Waals surface area contributed by atoms with Gasteiger partial charge in [-0.1, -0.05) is 0 Å². The van der Waals surface area contributed by atoms with Gasteiger partial charge in [-0.05, 0) is 0 Å². The summed E-state index contributed by atoms with van der Waals surface area (Å²) >= 11 is 0. The van der Waals surface area contributed by atoms with Crippen LogP contribution in [0, 0.1) is 11.3 Å². The Morgan fingerprint density at radius 2 is 1.92 bits per heavy atom. The Morgan fingerprint density at radius 3 is 2.15 bits per heavy atom. The van der Waals surface area contributed by atoms with Crippen LogP contribution in [-0.2, 0) is 4.79 Å². The fourth-order valence-electron chi connectivity index (χ4n) is 0.549. The van der Waals surface area contributed by atoms with E-state index in [0.717, 1.165) is 6.20 Å². The number of carbonyl (C=O) groups is 1. The molecule has 0 rings (SSSR count). The summed E-state index contributed by atoms with van der Waals surface area (Å²) in [6, 6.07) is 1.19. The monoisotopic (exact) mass is 192 g/mol. The average molecular weight is 192 g/mol. The minimum absolute atomic E-state index is 0.829. The molecule has 0 saturated carbocycles. The Labute approximate surface area is 73.0 Å². The van der Waals surface area contributed by atoms with E-state index in [2.05, 4.69) is 0 Å². The average Bonchev–Trinajstić information content (AvgIpc) is 1.96. The van der Waals surface area contributed by atoms with Crippen LogP contribution in [0.1, 0.15) is 0 Å². The standard InChI is InChI=1S/C7H7F3N2O/c1-12(2)4-5(3-11)6(13)7(8,9)10/h4H,1-2H3/b5-4-. The van der Waals surface area contributed by atoms with Crippen LogP contribution in [0.3, 0.4) is 0 Å². The summed E-state index contributed by atoms with van der Waals surface area (Å²) < 4.78 is 35.3. The number of Topliss-reactive ketones (excluding diaryl/α,β-unsaturated/α-hetero) is 1. The molecule has 0 aliphatic heterocycles. The zero-order chi connectivity index (χ0) is 10.6. The highest BCUT2D eigenvalue weighted by Gasteiger charge is 2.40. The number of hydrogen-bond donors (Lipinski definition) is 0. The van der Waals surface area contributed by atoms with Crippen molar-refractivity contribution in [1.29, 1.82) is 5.26 Å². The maximum atomic E-state index is 11.8. The van der Waals surface area contributed by atoms with E-state index in [1.807, 2.05) is 0 Å². The van der Waals surface area contributed by atoms with E-state index in [0.29, 0.717) is 0 Å². The Hall–Kier alpha value is -1.51. The SMILES string of the molecule is CN(C)/C=C(/C#N)C(=O)C(F)(F)F. The van der Waals surface area contributed by atoms with Gasteiger partial charge in [0.05, 0.1) is 0 Å². The molecule has 0 amide bonds. The van der Waals surface area contributed by atoms with Crippen LogP contribution in [-0.4, -0.2) is 31.0 Å². The van der Waals surface area contributed by atoms with Crippen molar-refractivity contribution >= 4 is 5.78 Å². The van der Waals surface area contributed by atoms with E-state index in [1.165, 1.54) is 25.1 Å². The molecular formula is C7H7F3N2O. The third-order valence-electron chi connectivity index (χ3n) is 1.01. The second-order valence-corrected chi connectivity index (χ2v) is 2.45. The van der Waals surface area contributed by atoms with Crippen LogP contribution in [0.5, 0.6) is 0 Å². The lowest BCUT2D eigenvalue weighted by Crippen LogP contribution is -2.25. The highest BCUT2D eigenvalue weighted by Crippen LogP contribution is 2.20. The first kappa shape index (κ1) is 11.5. The van der Waals surface area contributed by atoms with Gasteiger partial charge in [0.25, 0.3) is 5.78 Å². The molecule has 0 aromatic carbocycles. The first-order valence-electron chi connectivity index (χ1n) is 3.19. The molecule has 0 aliphatic carbocycles. The molecule has 6 heteroatoms. The van der Waals surface area contributed by atoms with Crippen LogP contribution >= 0.6 is 0 Å². The lowest BCUT2D eigenvalue weighted by molar-refractivity contribution is -0.166. The molecule has 0 N–H and O–H groups in total. The van der Waals surface area contributed by atoms with Crippen LogP contribution in [0.25, 0.3) is 0 Å². The second kappa shape index (κ2) is 3.94. The first-order chi connectivity index (χ1) is 5.79. The summed E-state index contributed by atoms with van der Waals surface area (Å²) in [5.41, 5.74) is -0.919. The molecule has 0 unspecified atom stereocenters. The molecule has 0 bridgehead atoms. The predicted octanol–water partition coefficient (Wildman–Crippen LogP) is 1.09. The zero-order valence-electron chi connectivity index (χ0n) is 7.01. The minimum atomic E-state index is -4.99. The number of halogens is 3. The van der Waals surface area contributed by atoms with Gasteiger partial charge in [0, 0.05) is 20.3 Å². The summed E-state index contributed by atoms with van der Waals surface area (Å²) in [7, 11) is 2.84. The summed E-state index contributed by atoms with van der Waals surface area (Å²) in [5.74, 6) is -2.12. The van der Waals surface area contributed by atoms with Crippen LogP contribution in [0.2, 0.25) is 0 Å². The van der Waals surface area contributed by atoms with Gasteiger partial charge in [-0.2, -0.15) is 18.4 Å². The van der Waals surface area contributed by atoms with Crippen molar-refractivity contribution in [1.82, 2.24) is 4.90 Å². The normalized spacial score (nSPS) is 12.2. The highest BCUT2D eigenvalue weighted by atomic mass is 19.4. The van der Waals surface area contributed by atoms with Crippen molar-refractivity contribution in [2.75, 3.05) is 14.1 Å². The van der Waals surface area contributed by atoms with Crippen LogP contribution < -0.4 is 0 Å².